The highest BCUT2D eigenvalue weighted by Gasteiger charge is 2.10. The van der Waals surface area contributed by atoms with E-state index in [0.717, 1.165) is 5.56 Å². The fraction of sp³-hybridized carbons (Fsp3) is 0.462. The van der Waals surface area contributed by atoms with Gasteiger partial charge in [0.1, 0.15) is 0 Å². The highest BCUT2D eigenvalue weighted by Crippen LogP contribution is 2.12. The van der Waals surface area contributed by atoms with Crippen molar-refractivity contribution in [1.29, 1.82) is 0 Å². The molecular weight excluding hydrogens is 248 g/mol. The normalized spacial score (nSPS) is 13.9. The van der Waals surface area contributed by atoms with Crippen molar-refractivity contribution < 1.29 is 9.00 Å². The largest absolute Gasteiger partial charge is 0.355 e. The number of nitrogens with two attached hydrogens (primary N) is 1. The lowest BCUT2D eigenvalue weighted by atomic mass is 10.0. The molecule has 0 spiro atoms. The SMILES string of the molecule is CCS(=O)CCNC(=O)CC(N)c1ccccc1. The molecule has 0 aliphatic carbocycles. The first-order chi connectivity index (χ1) is 8.63. The summed E-state index contributed by atoms with van der Waals surface area (Å²) < 4.78 is 11.2. The van der Waals surface area contributed by atoms with Crippen molar-refractivity contribution in [3.63, 3.8) is 0 Å². The number of carbonyl (C=O) groups is 1. The van der Waals surface area contributed by atoms with Crippen LogP contribution in [0, 0.1) is 0 Å². The van der Waals surface area contributed by atoms with Crippen molar-refractivity contribution in [3.8, 4) is 0 Å². The molecule has 1 aromatic rings. The van der Waals surface area contributed by atoms with Crippen LogP contribution >= 0.6 is 0 Å². The minimum atomic E-state index is -0.838. The van der Waals surface area contributed by atoms with Gasteiger partial charge in [0.2, 0.25) is 5.91 Å². The number of amides is 1. The molecule has 2 unspecified atom stereocenters. The van der Waals surface area contributed by atoms with Gasteiger partial charge in [-0.1, -0.05) is 37.3 Å². The molecule has 0 saturated carbocycles. The van der Waals surface area contributed by atoms with Gasteiger partial charge in [0.15, 0.2) is 0 Å². The zero-order valence-electron chi connectivity index (χ0n) is 10.6. The molecule has 1 rings (SSSR count). The number of benzene rings is 1. The minimum absolute atomic E-state index is 0.0977. The second-order valence-corrected chi connectivity index (χ2v) is 5.87. The van der Waals surface area contributed by atoms with Crippen LogP contribution in [0.1, 0.15) is 24.9 Å². The molecule has 3 N–H and O–H groups in total. The predicted molar refractivity (Wildman–Crippen MR) is 74.5 cm³/mol. The first-order valence-corrected chi connectivity index (χ1v) is 7.54. The van der Waals surface area contributed by atoms with E-state index >= 15 is 0 Å². The number of carbonyl (C=O) groups excluding carboxylic acids is 1. The Labute approximate surface area is 110 Å². The topological polar surface area (TPSA) is 72.2 Å². The third-order valence-electron chi connectivity index (χ3n) is 2.61. The highest BCUT2D eigenvalue weighted by atomic mass is 32.2. The predicted octanol–water partition coefficient (Wildman–Crippen LogP) is 0.961. The maximum Gasteiger partial charge on any atom is 0.221 e. The molecule has 0 aromatic heterocycles. The molecule has 0 heterocycles. The summed E-state index contributed by atoms with van der Waals surface area (Å²) in [4.78, 5) is 11.6. The monoisotopic (exact) mass is 268 g/mol. The third-order valence-corrected chi connectivity index (χ3v) is 3.91. The molecule has 0 aliphatic rings. The Morgan fingerprint density at radius 1 is 1.39 bits per heavy atom. The summed E-state index contributed by atoms with van der Waals surface area (Å²) in [5, 5.41) is 2.74. The zero-order valence-corrected chi connectivity index (χ0v) is 11.4. The van der Waals surface area contributed by atoms with Gasteiger partial charge in [0.25, 0.3) is 0 Å². The van der Waals surface area contributed by atoms with Gasteiger partial charge in [-0.05, 0) is 5.56 Å². The van der Waals surface area contributed by atoms with Gasteiger partial charge in [-0.25, -0.2) is 0 Å². The molecule has 0 aliphatic heterocycles. The van der Waals surface area contributed by atoms with Crippen molar-refractivity contribution in [3.05, 3.63) is 35.9 Å². The molecule has 100 valence electrons. The average molecular weight is 268 g/mol. The van der Waals surface area contributed by atoms with E-state index < -0.39 is 10.8 Å². The number of hydrogen-bond donors (Lipinski definition) is 2. The van der Waals surface area contributed by atoms with Gasteiger partial charge in [0.05, 0.1) is 0 Å². The first-order valence-electron chi connectivity index (χ1n) is 6.05. The van der Waals surface area contributed by atoms with Crippen LogP contribution in [0.4, 0.5) is 0 Å². The summed E-state index contributed by atoms with van der Waals surface area (Å²) >= 11 is 0. The van der Waals surface area contributed by atoms with E-state index in [0.29, 0.717) is 18.1 Å². The smallest absolute Gasteiger partial charge is 0.221 e. The molecule has 2 atom stereocenters. The number of hydrogen-bond acceptors (Lipinski definition) is 3. The van der Waals surface area contributed by atoms with Crippen molar-refractivity contribution in [2.75, 3.05) is 18.1 Å². The maximum atomic E-state index is 11.6. The van der Waals surface area contributed by atoms with E-state index in [4.69, 9.17) is 5.73 Å². The summed E-state index contributed by atoms with van der Waals surface area (Å²) in [6.45, 7) is 2.31. The van der Waals surface area contributed by atoms with Gasteiger partial charge >= 0.3 is 0 Å². The van der Waals surface area contributed by atoms with Crippen molar-refractivity contribution in [1.82, 2.24) is 5.32 Å². The third kappa shape index (κ3) is 5.42. The summed E-state index contributed by atoms with van der Waals surface area (Å²) in [6.07, 6.45) is 0.253. The lowest BCUT2D eigenvalue weighted by Gasteiger charge is -2.11. The fourth-order valence-corrected chi connectivity index (χ4v) is 2.16. The Morgan fingerprint density at radius 3 is 2.67 bits per heavy atom. The summed E-state index contributed by atoms with van der Waals surface area (Å²) in [5.74, 6) is 1.03. The molecule has 1 aromatic carbocycles. The van der Waals surface area contributed by atoms with E-state index in [1.807, 2.05) is 37.3 Å². The van der Waals surface area contributed by atoms with E-state index in [-0.39, 0.29) is 18.4 Å². The van der Waals surface area contributed by atoms with Crippen LogP contribution in [0.3, 0.4) is 0 Å². The van der Waals surface area contributed by atoms with Crippen LogP contribution in [-0.2, 0) is 15.6 Å². The molecular formula is C13H20N2O2S. The van der Waals surface area contributed by atoms with Crippen LogP contribution in [0.2, 0.25) is 0 Å². The Hall–Kier alpha value is -1.20. The van der Waals surface area contributed by atoms with E-state index in [9.17, 15) is 9.00 Å². The van der Waals surface area contributed by atoms with E-state index in [2.05, 4.69) is 5.32 Å². The average Bonchev–Trinajstić information content (AvgIpc) is 2.39. The van der Waals surface area contributed by atoms with Gasteiger partial charge in [0, 0.05) is 41.3 Å². The molecule has 0 bridgehead atoms. The number of nitrogens with one attached hydrogen (secondary N) is 1. The molecule has 0 saturated heterocycles. The van der Waals surface area contributed by atoms with E-state index in [1.165, 1.54) is 0 Å². The summed E-state index contributed by atoms with van der Waals surface area (Å²) in [7, 11) is -0.838. The van der Waals surface area contributed by atoms with Crippen LogP contribution in [-0.4, -0.2) is 28.2 Å². The minimum Gasteiger partial charge on any atom is -0.355 e. The quantitative estimate of drug-likeness (QED) is 0.773. The van der Waals surface area contributed by atoms with Crippen molar-refractivity contribution >= 4 is 16.7 Å². The van der Waals surface area contributed by atoms with Crippen LogP contribution in [0.25, 0.3) is 0 Å². The Bertz CT molecular complexity index is 395. The molecule has 0 fully saturated rings. The lowest BCUT2D eigenvalue weighted by Crippen LogP contribution is -2.30. The summed E-state index contributed by atoms with van der Waals surface area (Å²) in [5.41, 5.74) is 6.88. The Balaban J connectivity index is 2.30. The fourth-order valence-electron chi connectivity index (χ4n) is 1.54. The van der Waals surface area contributed by atoms with Gasteiger partial charge in [-0.15, -0.1) is 0 Å². The van der Waals surface area contributed by atoms with Crippen LogP contribution in [0.15, 0.2) is 30.3 Å². The summed E-state index contributed by atoms with van der Waals surface area (Å²) in [6, 6.07) is 9.24. The maximum absolute atomic E-state index is 11.6. The second kappa shape index (κ2) is 8.00. The van der Waals surface area contributed by atoms with Crippen LogP contribution < -0.4 is 11.1 Å². The lowest BCUT2D eigenvalue weighted by molar-refractivity contribution is -0.121. The molecule has 1 amide bonds. The number of rotatable bonds is 7. The second-order valence-electron chi connectivity index (χ2n) is 4.00. The van der Waals surface area contributed by atoms with Crippen LogP contribution in [0.5, 0.6) is 0 Å². The van der Waals surface area contributed by atoms with Crippen molar-refractivity contribution in [2.24, 2.45) is 5.73 Å². The van der Waals surface area contributed by atoms with E-state index in [1.54, 1.807) is 0 Å². The Kier molecular flexibility index (Phi) is 6.60. The van der Waals surface area contributed by atoms with Gasteiger partial charge < -0.3 is 11.1 Å². The highest BCUT2D eigenvalue weighted by molar-refractivity contribution is 7.84. The molecule has 5 heteroatoms. The zero-order chi connectivity index (χ0) is 13.4. The van der Waals surface area contributed by atoms with Gasteiger partial charge in [-0.3, -0.25) is 9.00 Å². The van der Waals surface area contributed by atoms with Crippen molar-refractivity contribution in [2.45, 2.75) is 19.4 Å². The first kappa shape index (κ1) is 14.9. The molecule has 18 heavy (non-hydrogen) atoms. The molecule has 4 nitrogen and oxygen atoms in total. The van der Waals surface area contributed by atoms with Gasteiger partial charge in [-0.2, -0.15) is 0 Å². The standard InChI is InChI=1S/C13H20N2O2S/c1-2-18(17)9-8-15-13(16)10-12(14)11-6-4-3-5-7-11/h3-7,12H,2,8-10,14H2,1H3,(H,15,16). The molecule has 0 radical (unpaired) electrons. The Morgan fingerprint density at radius 2 is 2.06 bits per heavy atom.